The van der Waals surface area contributed by atoms with Crippen LogP contribution in [0.1, 0.15) is 34.0 Å². The van der Waals surface area contributed by atoms with Gasteiger partial charge in [0.1, 0.15) is 10.5 Å². The fourth-order valence-corrected chi connectivity index (χ4v) is 3.95. The van der Waals surface area contributed by atoms with E-state index in [2.05, 4.69) is 25.3 Å². The Balaban J connectivity index is 0.00000160. The zero-order valence-electron chi connectivity index (χ0n) is 16.7. The van der Waals surface area contributed by atoms with Crippen molar-refractivity contribution >= 4 is 70.8 Å². The van der Waals surface area contributed by atoms with E-state index in [1.54, 1.807) is 11.1 Å². The van der Waals surface area contributed by atoms with Crippen LogP contribution in [0, 0.1) is 18.7 Å². The second-order valence-corrected chi connectivity index (χ2v) is 8.10. The summed E-state index contributed by atoms with van der Waals surface area (Å²) in [4.78, 5) is 31.9. The van der Waals surface area contributed by atoms with Gasteiger partial charge < -0.3 is 16.0 Å². The van der Waals surface area contributed by atoms with E-state index in [1.165, 1.54) is 17.4 Å². The molecule has 1 aliphatic rings. The van der Waals surface area contributed by atoms with Crippen LogP contribution in [0.5, 0.6) is 0 Å². The molecule has 1 saturated heterocycles. The smallest absolute Gasteiger partial charge is 0.274 e. The first-order chi connectivity index (χ1) is 13.4. The second kappa shape index (κ2) is 11.1. The van der Waals surface area contributed by atoms with Gasteiger partial charge in [-0.05, 0) is 32.0 Å². The van der Waals surface area contributed by atoms with Gasteiger partial charge in [0, 0.05) is 25.2 Å². The highest BCUT2D eigenvalue weighted by Gasteiger charge is 2.32. The van der Waals surface area contributed by atoms with Gasteiger partial charge in [-0.2, -0.15) is 4.98 Å². The third-order valence-corrected chi connectivity index (χ3v) is 5.68. The summed E-state index contributed by atoms with van der Waals surface area (Å²) in [5, 5.41) is 3.93. The van der Waals surface area contributed by atoms with Gasteiger partial charge in [-0.3, -0.25) is 9.78 Å². The van der Waals surface area contributed by atoms with Gasteiger partial charge in [0.05, 0.1) is 17.2 Å². The van der Waals surface area contributed by atoms with Gasteiger partial charge in [0.2, 0.25) is 5.95 Å². The zero-order valence-corrected chi connectivity index (χ0v) is 20.0. The monoisotopic (exact) mass is 509 g/mol. The number of aromatic nitrogens is 4. The number of carbonyl (C=O) groups is 1. The molecule has 31 heavy (non-hydrogen) atoms. The van der Waals surface area contributed by atoms with Gasteiger partial charge in [0.15, 0.2) is 11.3 Å². The Hall–Kier alpha value is -1.85. The van der Waals surface area contributed by atoms with E-state index in [9.17, 15) is 9.18 Å². The molecule has 1 atom stereocenters. The molecule has 0 bridgehead atoms. The van der Waals surface area contributed by atoms with Gasteiger partial charge in [-0.25, -0.2) is 14.4 Å². The quantitative estimate of drug-likeness (QED) is 0.541. The van der Waals surface area contributed by atoms with Crippen LogP contribution in [0.2, 0.25) is 0 Å². The summed E-state index contributed by atoms with van der Waals surface area (Å²) >= 11 is 1.40. The molecule has 0 spiro atoms. The van der Waals surface area contributed by atoms with E-state index in [0.717, 1.165) is 11.2 Å². The maximum Gasteiger partial charge on any atom is 0.274 e. The minimum Gasteiger partial charge on any atom is -0.348 e. The molecule has 1 amide bonds. The molecule has 3 aromatic heterocycles. The van der Waals surface area contributed by atoms with Gasteiger partial charge in [0.25, 0.3) is 5.91 Å². The molecule has 170 valence electrons. The molecule has 8 nitrogen and oxygen atoms in total. The molecule has 3 N–H and O–H groups in total. The third-order valence-electron chi connectivity index (χ3n) is 4.71. The van der Waals surface area contributed by atoms with Crippen molar-refractivity contribution in [2.75, 3.05) is 25.0 Å². The van der Waals surface area contributed by atoms with E-state index in [0.29, 0.717) is 47.2 Å². The minimum atomic E-state index is -0.416. The van der Waals surface area contributed by atoms with Crippen molar-refractivity contribution in [2.45, 2.75) is 19.9 Å². The maximum absolute atomic E-state index is 13.5. The normalized spacial score (nSPS) is 14.0. The Labute approximate surface area is 201 Å². The molecule has 4 rings (SSSR count). The number of halogens is 4. The molecule has 0 radical (unpaired) electrons. The first kappa shape index (κ1) is 27.2. The number of pyridine rings is 1. The number of nitrogens with two attached hydrogens (primary N) is 1. The van der Waals surface area contributed by atoms with Crippen LogP contribution in [-0.4, -0.2) is 50.4 Å². The number of rotatable bonds is 5. The number of nitrogens with one attached hydrogen (secondary N) is 1. The molecule has 1 unspecified atom stereocenters. The highest BCUT2D eigenvalue weighted by molar-refractivity contribution is 7.18. The van der Waals surface area contributed by atoms with Gasteiger partial charge in [-0.15, -0.1) is 48.6 Å². The second-order valence-electron chi connectivity index (χ2n) is 6.90. The summed E-state index contributed by atoms with van der Waals surface area (Å²) in [6.45, 7) is 5.54. The van der Waals surface area contributed by atoms with Crippen LogP contribution < -0.4 is 11.1 Å². The lowest BCUT2D eigenvalue weighted by atomic mass is 10.00. The predicted molar refractivity (Wildman–Crippen MR) is 126 cm³/mol. The highest BCUT2D eigenvalue weighted by atomic mass is 35.5. The fraction of sp³-hybridized carbons (Fsp3) is 0.389. The van der Waals surface area contributed by atoms with Crippen molar-refractivity contribution in [1.29, 1.82) is 0 Å². The molecule has 3 aromatic rings. The number of thiazole rings is 1. The summed E-state index contributed by atoms with van der Waals surface area (Å²) in [5.41, 5.74) is 7.12. The van der Waals surface area contributed by atoms with Crippen LogP contribution in [0.25, 0.3) is 10.3 Å². The van der Waals surface area contributed by atoms with Crippen molar-refractivity contribution in [3.63, 3.8) is 0 Å². The van der Waals surface area contributed by atoms with E-state index in [1.807, 2.05) is 13.8 Å². The highest BCUT2D eigenvalue weighted by Crippen LogP contribution is 2.28. The largest absolute Gasteiger partial charge is 0.348 e. The molecular formula is C18H23Cl3FN7OS. The van der Waals surface area contributed by atoms with E-state index in [4.69, 9.17) is 5.73 Å². The van der Waals surface area contributed by atoms with Crippen molar-refractivity contribution in [3.8, 4) is 0 Å². The van der Waals surface area contributed by atoms with E-state index < -0.39 is 5.82 Å². The zero-order chi connectivity index (χ0) is 19.8. The van der Waals surface area contributed by atoms with Crippen LogP contribution in [-0.2, 0) is 0 Å². The van der Waals surface area contributed by atoms with Crippen LogP contribution >= 0.6 is 48.6 Å². The maximum atomic E-state index is 13.5. The Morgan fingerprint density at radius 2 is 2.00 bits per heavy atom. The lowest BCUT2D eigenvalue weighted by Crippen LogP contribution is -2.52. The lowest BCUT2D eigenvalue weighted by molar-refractivity contribution is 0.0512. The molecule has 4 heterocycles. The average Bonchev–Trinajstić information content (AvgIpc) is 3.00. The van der Waals surface area contributed by atoms with Gasteiger partial charge in [-0.1, -0.05) is 0 Å². The van der Waals surface area contributed by atoms with Crippen LogP contribution in [0.15, 0.2) is 18.5 Å². The van der Waals surface area contributed by atoms with Crippen LogP contribution in [0.3, 0.4) is 0 Å². The Bertz CT molecular complexity index is 1050. The lowest BCUT2D eigenvalue weighted by Gasteiger charge is -2.38. The van der Waals surface area contributed by atoms with E-state index in [-0.39, 0.29) is 55.1 Å². The fourth-order valence-electron chi connectivity index (χ4n) is 3.11. The first-order valence-electron chi connectivity index (χ1n) is 8.96. The molecule has 13 heteroatoms. The number of amides is 1. The molecule has 0 aliphatic carbocycles. The standard InChI is InChI=1S/C18H20FN7OS.3ClH/c1-9(12-3-13(19)6-21-5-12)22-18-24-14(15-16(25-18)23-10(2)28-15)17(27)26-7-11(4-20)8-26;;;/h3,5-6,9,11H,4,7-8,20H2,1-2H3,(H,22,24,25);3*1H. The topological polar surface area (TPSA) is 110 Å². The summed E-state index contributed by atoms with van der Waals surface area (Å²) in [7, 11) is 0. The van der Waals surface area contributed by atoms with Crippen LogP contribution in [0.4, 0.5) is 10.3 Å². The molecule has 1 aliphatic heterocycles. The summed E-state index contributed by atoms with van der Waals surface area (Å²) in [5.74, 6) is 0.0426. The molecule has 0 saturated carbocycles. The number of likely N-dealkylation sites (tertiary alicyclic amines) is 1. The Morgan fingerprint density at radius 3 is 2.65 bits per heavy atom. The number of aryl methyl sites for hydroxylation is 1. The number of fused-ring (bicyclic) bond motifs is 1. The summed E-state index contributed by atoms with van der Waals surface area (Å²) in [6.07, 6.45) is 2.72. The Morgan fingerprint density at radius 1 is 1.29 bits per heavy atom. The number of hydrogen-bond donors (Lipinski definition) is 2. The summed E-state index contributed by atoms with van der Waals surface area (Å²) < 4.78 is 14.1. The Kier molecular flexibility index (Phi) is 9.77. The minimum absolute atomic E-state index is 0. The van der Waals surface area contributed by atoms with Crippen molar-refractivity contribution in [2.24, 2.45) is 11.7 Å². The van der Waals surface area contributed by atoms with Crippen molar-refractivity contribution in [3.05, 3.63) is 40.5 Å². The number of hydrogen-bond acceptors (Lipinski definition) is 8. The first-order valence-corrected chi connectivity index (χ1v) is 9.77. The molecular weight excluding hydrogens is 488 g/mol. The van der Waals surface area contributed by atoms with Crippen molar-refractivity contribution in [1.82, 2.24) is 24.8 Å². The van der Waals surface area contributed by atoms with Crippen molar-refractivity contribution < 1.29 is 9.18 Å². The third kappa shape index (κ3) is 5.69. The number of carbonyl (C=O) groups excluding carboxylic acids is 1. The predicted octanol–water partition coefficient (Wildman–Crippen LogP) is 3.40. The molecule has 1 fully saturated rings. The molecule has 0 aromatic carbocycles. The average molecular weight is 511 g/mol. The SMILES string of the molecule is Cc1nc2nc(NC(C)c3cncc(F)c3)nc(C(=O)N3CC(CN)C3)c2s1.Cl.Cl.Cl. The van der Waals surface area contributed by atoms with Gasteiger partial charge >= 0.3 is 0 Å². The summed E-state index contributed by atoms with van der Waals surface area (Å²) in [6, 6.07) is 1.10. The van der Waals surface area contributed by atoms with E-state index >= 15 is 0 Å². The number of nitrogens with zero attached hydrogens (tertiary/aromatic N) is 5. The number of anilines is 1.